The molecule has 9 atom stereocenters. The van der Waals surface area contributed by atoms with Gasteiger partial charge < -0.3 is 50.5 Å². The highest BCUT2D eigenvalue weighted by molar-refractivity contribution is 5.80. The summed E-state index contributed by atoms with van der Waals surface area (Å²) in [5.41, 5.74) is 0. The minimum Gasteiger partial charge on any atom is -0.394 e. The fraction of sp³-hybridized carbons (Fsp3) is 0.954. The lowest BCUT2D eigenvalue weighted by atomic mass is 9.98. The van der Waals surface area contributed by atoms with Gasteiger partial charge in [-0.1, -0.05) is 302 Å². The molecule has 1 amide bonds. The number of ether oxygens (including phenoxy) is 2. The average molecular weight is 1080 g/mol. The molecule has 0 aromatic rings. The summed E-state index contributed by atoms with van der Waals surface area (Å²) in [5.74, 6) is -0.691. The fourth-order valence-electron chi connectivity index (χ4n) is 11.0. The van der Waals surface area contributed by atoms with Crippen molar-refractivity contribution in [3.05, 3.63) is 12.2 Å². The minimum absolute atomic E-state index is 0.265. The van der Waals surface area contributed by atoms with Crippen LogP contribution >= 0.6 is 0 Å². The van der Waals surface area contributed by atoms with Gasteiger partial charge in [0.25, 0.3) is 0 Å². The molecule has 1 heterocycles. The number of hydrogen-bond donors (Lipinski definition) is 8. The van der Waals surface area contributed by atoms with Crippen molar-refractivity contribution in [3.8, 4) is 0 Å². The standard InChI is InChI=1S/C65H127NO10/c1-3-5-7-9-11-13-15-17-18-19-20-21-22-23-24-25-26-27-28-29-30-31-32-33-34-35-36-37-38-39-41-43-45-47-49-51-53-58(69)64(74)66-56(55-75-65-63(73)62(72)61(71)59(54-67)76-65)60(70)57(68)52-50-48-46-44-42-40-16-14-12-10-8-6-4-2/h27-28,56-63,65,67-73H,3-26,29-55H2,1-2H3,(H,66,74)/b28-27-. The van der Waals surface area contributed by atoms with Crippen LogP contribution in [0.15, 0.2) is 12.2 Å². The molecule has 0 aliphatic carbocycles. The molecule has 9 unspecified atom stereocenters. The molecule has 452 valence electrons. The summed E-state index contributed by atoms with van der Waals surface area (Å²) < 4.78 is 11.2. The maximum Gasteiger partial charge on any atom is 0.249 e. The fourth-order valence-corrected chi connectivity index (χ4v) is 11.0. The molecule has 0 spiro atoms. The van der Waals surface area contributed by atoms with Crippen molar-refractivity contribution in [2.24, 2.45) is 0 Å². The van der Waals surface area contributed by atoms with Crippen LogP contribution < -0.4 is 5.32 Å². The van der Waals surface area contributed by atoms with Crippen LogP contribution in [0.2, 0.25) is 0 Å². The SMILES string of the molecule is CCCCCCCCCCCCCCCCCC/C=C\CCCCCCCCCCCCCCCCCCC(O)C(=O)NC(COC1OC(CO)C(O)C(O)C1O)C(O)C(O)CCCCCCCCCCCCCCC. The highest BCUT2D eigenvalue weighted by Crippen LogP contribution is 2.24. The molecule has 11 nitrogen and oxygen atoms in total. The van der Waals surface area contributed by atoms with E-state index in [0.717, 1.165) is 38.5 Å². The van der Waals surface area contributed by atoms with Gasteiger partial charge in [-0.3, -0.25) is 4.79 Å². The number of amides is 1. The molecule has 0 saturated carbocycles. The zero-order chi connectivity index (χ0) is 55.4. The molecule has 0 aromatic carbocycles. The summed E-state index contributed by atoms with van der Waals surface area (Å²) in [4.78, 5) is 13.2. The third-order valence-corrected chi connectivity index (χ3v) is 16.3. The van der Waals surface area contributed by atoms with Gasteiger partial charge in [0, 0.05) is 0 Å². The molecular formula is C65H127NO10. The molecule has 1 aliphatic rings. The first-order valence-corrected chi connectivity index (χ1v) is 33.1. The van der Waals surface area contributed by atoms with Crippen LogP contribution in [-0.2, 0) is 14.3 Å². The number of aliphatic hydroxyl groups is 7. The number of hydrogen-bond acceptors (Lipinski definition) is 10. The summed E-state index contributed by atoms with van der Waals surface area (Å²) in [5, 5.41) is 76.2. The van der Waals surface area contributed by atoms with Gasteiger partial charge in [0.1, 0.15) is 36.6 Å². The molecule has 0 aromatic heterocycles. The quantitative estimate of drug-likeness (QED) is 0.0215. The van der Waals surface area contributed by atoms with Crippen molar-refractivity contribution in [2.45, 2.75) is 384 Å². The molecule has 1 saturated heterocycles. The Kier molecular flexibility index (Phi) is 52.2. The summed E-state index contributed by atoms with van der Waals surface area (Å²) in [6.45, 7) is 3.49. The Morgan fingerprint density at radius 1 is 0.447 bits per heavy atom. The third kappa shape index (κ3) is 41.8. The smallest absolute Gasteiger partial charge is 0.249 e. The first-order chi connectivity index (χ1) is 37.2. The monoisotopic (exact) mass is 1080 g/mol. The van der Waals surface area contributed by atoms with Gasteiger partial charge in [-0.15, -0.1) is 0 Å². The van der Waals surface area contributed by atoms with Gasteiger partial charge >= 0.3 is 0 Å². The van der Waals surface area contributed by atoms with E-state index in [1.54, 1.807) is 0 Å². The molecule has 1 aliphatic heterocycles. The lowest BCUT2D eigenvalue weighted by molar-refractivity contribution is -0.303. The number of carbonyl (C=O) groups is 1. The van der Waals surface area contributed by atoms with Crippen molar-refractivity contribution in [1.29, 1.82) is 0 Å². The van der Waals surface area contributed by atoms with Crippen LogP contribution in [0.3, 0.4) is 0 Å². The molecule has 76 heavy (non-hydrogen) atoms. The summed E-state index contributed by atoms with van der Waals surface area (Å²) in [6.07, 6.45) is 54.5. The van der Waals surface area contributed by atoms with Crippen LogP contribution in [0.4, 0.5) is 0 Å². The van der Waals surface area contributed by atoms with E-state index in [1.807, 2.05) is 0 Å². The van der Waals surface area contributed by atoms with E-state index in [0.29, 0.717) is 19.3 Å². The van der Waals surface area contributed by atoms with E-state index in [4.69, 9.17) is 9.47 Å². The second kappa shape index (κ2) is 54.4. The topological polar surface area (TPSA) is 189 Å². The van der Waals surface area contributed by atoms with Gasteiger partial charge in [0.2, 0.25) is 5.91 Å². The third-order valence-electron chi connectivity index (χ3n) is 16.3. The van der Waals surface area contributed by atoms with Crippen molar-refractivity contribution in [2.75, 3.05) is 13.2 Å². The van der Waals surface area contributed by atoms with Crippen molar-refractivity contribution < 1.29 is 50.0 Å². The minimum atomic E-state index is -1.66. The van der Waals surface area contributed by atoms with E-state index in [9.17, 15) is 40.5 Å². The Morgan fingerprint density at radius 3 is 1.11 bits per heavy atom. The number of unbranched alkanes of at least 4 members (excludes halogenated alkanes) is 44. The van der Waals surface area contributed by atoms with E-state index >= 15 is 0 Å². The van der Waals surface area contributed by atoms with Gasteiger partial charge in [-0.2, -0.15) is 0 Å². The number of nitrogens with one attached hydrogen (secondary N) is 1. The average Bonchev–Trinajstić information content (AvgIpc) is 3.42. The number of carbonyl (C=O) groups excluding carboxylic acids is 1. The molecule has 0 bridgehead atoms. The predicted molar refractivity (Wildman–Crippen MR) is 316 cm³/mol. The number of allylic oxidation sites excluding steroid dienone is 2. The van der Waals surface area contributed by atoms with Crippen molar-refractivity contribution >= 4 is 5.91 Å². The second-order valence-corrected chi connectivity index (χ2v) is 23.5. The molecule has 1 fully saturated rings. The number of rotatable bonds is 58. The predicted octanol–water partition coefficient (Wildman–Crippen LogP) is 15.1. The first kappa shape index (κ1) is 72.9. The summed E-state index contributed by atoms with van der Waals surface area (Å²) in [6, 6.07) is -1.16. The van der Waals surface area contributed by atoms with Crippen LogP contribution in [0.5, 0.6) is 0 Å². The molecule has 11 heteroatoms. The summed E-state index contributed by atoms with van der Waals surface area (Å²) >= 11 is 0. The second-order valence-electron chi connectivity index (χ2n) is 23.5. The summed E-state index contributed by atoms with van der Waals surface area (Å²) in [7, 11) is 0. The van der Waals surface area contributed by atoms with E-state index in [1.165, 1.54) is 250 Å². The van der Waals surface area contributed by atoms with Crippen LogP contribution in [0.25, 0.3) is 0 Å². The lowest BCUT2D eigenvalue weighted by Crippen LogP contribution is -2.60. The van der Waals surface area contributed by atoms with E-state index < -0.39 is 74.2 Å². The number of aliphatic hydroxyl groups excluding tert-OH is 7. The normalized spacial score (nSPS) is 19.6. The molecule has 1 rings (SSSR count). The van der Waals surface area contributed by atoms with Crippen molar-refractivity contribution in [3.63, 3.8) is 0 Å². The van der Waals surface area contributed by atoms with Crippen molar-refractivity contribution in [1.82, 2.24) is 5.32 Å². The Bertz CT molecular complexity index is 1240. The van der Waals surface area contributed by atoms with Crippen LogP contribution in [0.1, 0.15) is 328 Å². The van der Waals surface area contributed by atoms with Gasteiger partial charge in [-0.05, 0) is 38.5 Å². The Morgan fingerprint density at radius 2 is 0.763 bits per heavy atom. The highest BCUT2D eigenvalue weighted by Gasteiger charge is 2.44. The van der Waals surface area contributed by atoms with Gasteiger partial charge in [0.05, 0.1) is 25.4 Å². The lowest BCUT2D eigenvalue weighted by Gasteiger charge is -2.40. The Labute approximate surface area is 468 Å². The Balaban J connectivity index is 2.11. The van der Waals surface area contributed by atoms with Gasteiger partial charge in [0.15, 0.2) is 6.29 Å². The molecular weight excluding hydrogens is 955 g/mol. The van der Waals surface area contributed by atoms with Crippen LogP contribution in [0, 0.1) is 0 Å². The maximum absolute atomic E-state index is 13.2. The Hall–Kier alpha value is -1.15. The van der Waals surface area contributed by atoms with Crippen LogP contribution in [-0.4, -0.2) is 110 Å². The molecule has 0 radical (unpaired) electrons. The maximum atomic E-state index is 13.2. The first-order valence-electron chi connectivity index (χ1n) is 33.1. The zero-order valence-corrected chi connectivity index (χ0v) is 49.8. The zero-order valence-electron chi connectivity index (χ0n) is 49.8. The highest BCUT2D eigenvalue weighted by atomic mass is 16.7. The van der Waals surface area contributed by atoms with Gasteiger partial charge in [-0.25, -0.2) is 0 Å². The largest absolute Gasteiger partial charge is 0.394 e. The molecule has 8 N–H and O–H groups in total. The van der Waals surface area contributed by atoms with E-state index in [2.05, 4.69) is 31.3 Å². The van der Waals surface area contributed by atoms with E-state index in [-0.39, 0.29) is 6.42 Å².